The second kappa shape index (κ2) is 13.4. The van der Waals surface area contributed by atoms with Crippen molar-refractivity contribution in [3.05, 3.63) is 0 Å². The molecule has 0 aromatic rings. The van der Waals surface area contributed by atoms with Crippen molar-refractivity contribution in [3.63, 3.8) is 0 Å². The Morgan fingerprint density at radius 2 is 1.88 bits per heavy atom. The first kappa shape index (κ1) is 25.2. The zero-order valence-electron chi connectivity index (χ0n) is 9.27. The van der Waals surface area contributed by atoms with Gasteiger partial charge in [0.2, 0.25) is 0 Å². The summed E-state index contributed by atoms with van der Waals surface area (Å²) < 4.78 is 10.3. The largest absolute Gasteiger partial charge is 0.803 e. The van der Waals surface area contributed by atoms with Gasteiger partial charge in [0.25, 0.3) is 0 Å². The Morgan fingerprint density at radius 1 is 1.38 bits per heavy atom. The van der Waals surface area contributed by atoms with Crippen LogP contribution >= 0.6 is 18.2 Å². The van der Waals surface area contributed by atoms with Gasteiger partial charge in [0.05, 0.1) is 24.9 Å². The minimum atomic E-state index is -4.39. The van der Waals surface area contributed by atoms with E-state index in [1.807, 2.05) is 5.32 Å². The first-order chi connectivity index (χ1) is 5.95. The molecule has 11 N–H and O–H groups in total. The van der Waals surface area contributed by atoms with Gasteiger partial charge in [-0.1, -0.05) is 0 Å². The smallest absolute Gasteiger partial charge is 0.0876 e. The van der Waals surface area contributed by atoms with Crippen molar-refractivity contribution in [1.29, 1.82) is 0 Å². The van der Waals surface area contributed by atoms with Crippen LogP contribution in [0, 0.1) is 0 Å². The first-order valence-electron chi connectivity index (χ1n) is 4.27. The van der Waals surface area contributed by atoms with E-state index in [2.05, 4.69) is 5.73 Å². The molecule has 0 fully saturated rings. The van der Waals surface area contributed by atoms with Crippen molar-refractivity contribution in [2.45, 2.75) is 18.6 Å². The molecule has 0 heterocycles. The van der Waals surface area contributed by atoms with Gasteiger partial charge in [0.1, 0.15) is 0 Å². The fourth-order valence-electron chi connectivity index (χ4n) is 0.905. The van der Waals surface area contributed by atoms with Crippen molar-refractivity contribution >= 4 is 18.2 Å². The zero-order valence-corrected chi connectivity index (χ0v) is 11.0. The number of rotatable bonds is 7. The highest BCUT2D eigenvalue weighted by molar-refractivity contribution is 8.53. The van der Waals surface area contributed by atoms with E-state index in [9.17, 15) is 14.4 Å². The second-order valence-corrected chi connectivity index (χ2v) is 6.77. The van der Waals surface area contributed by atoms with Gasteiger partial charge in [-0.05, 0) is 13.7 Å². The highest BCUT2D eigenvalue weighted by Crippen LogP contribution is 2.43. The molecule has 0 aliphatic carbocycles. The minimum absolute atomic E-state index is 0. The van der Waals surface area contributed by atoms with Gasteiger partial charge < -0.3 is 41.8 Å². The normalized spacial score (nSPS) is 11.8. The van der Waals surface area contributed by atoms with Crippen molar-refractivity contribution in [2.24, 2.45) is 0 Å². The predicted molar refractivity (Wildman–Crippen MR) is 59.5 cm³/mol. The molecule has 1 unspecified atom stereocenters. The highest BCUT2D eigenvalue weighted by Gasteiger charge is 2.06. The molecule has 10 heteroatoms. The Bertz CT molecular complexity index is 180. The van der Waals surface area contributed by atoms with Crippen molar-refractivity contribution in [1.82, 2.24) is 0 Å². The molecule has 0 saturated carbocycles. The lowest BCUT2D eigenvalue weighted by atomic mass is 10.4. The maximum atomic E-state index is 10.3. The fraction of sp³-hybridized carbons (Fsp3) is 1.00. The third kappa shape index (κ3) is 19.8. The molecule has 8 nitrogen and oxygen atoms in total. The van der Waals surface area contributed by atoms with Crippen LogP contribution in [0.2, 0.25) is 0 Å². The molecular weight excluding hydrogens is 259 g/mol. The monoisotopic (exact) mass is 282 g/mol. The van der Waals surface area contributed by atoms with E-state index in [1.165, 1.54) is 0 Å². The highest BCUT2D eigenvalue weighted by atomic mass is 32.7. The Hall–Kier alpha value is 0.300. The van der Waals surface area contributed by atoms with Gasteiger partial charge in [0.15, 0.2) is 0 Å². The molecule has 104 valence electrons. The number of hydrogen-bond acceptors (Lipinski definition) is 4. The van der Waals surface area contributed by atoms with Crippen LogP contribution in [-0.2, 0) is 4.57 Å². The Balaban J connectivity index is -0.000000240. The summed E-state index contributed by atoms with van der Waals surface area (Å²) in [4.78, 5) is 20.7. The van der Waals surface area contributed by atoms with Crippen LogP contribution in [0.3, 0.4) is 0 Å². The van der Waals surface area contributed by atoms with E-state index in [1.54, 1.807) is 6.92 Å². The van der Waals surface area contributed by atoms with Crippen LogP contribution in [0.5, 0.6) is 0 Å². The maximum Gasteiger partial charge on any atom is 0.0876 e. The van der Waals surface area contributed by atoms with Crippen molar-refractivity contribution in [2.75, 3.05) is 19.6 Å². The average molecular weight is 282 g/mol. The topological polar surface area (TPSA) is 202 Å². The van der Waals surface area contributed by atoms with Crippen LogP contribution < -0.4 is 20.8 Å². The summed E-state index contributed by atoms with van der Waals surface area (Å²) in [7, 11) is 0. The molecule has 0 rings (SSSR count). The quantitative estimate of drug-likeness (QED) is 0.346. The molecule has 0 spiro atoms. The van der Waals surface area contributed by atoms with Gasteiger partial charge in [-0.25, -0.2) is 0 Å². The molecular formula is C6H23N2O6PS. The summed E-state index contributed by atoms with van der Waals surface area (Å²) in [5.41, 5.74) is 3.69. The number of nitrogens with two attached hydrogens (primary N) is 1. The predicted octanol–water partition coefficient (Wildman–Crippen LogP) is -5.34. The first-order valence-corrected chi connectivity index (χ1v) is 7.30. The summed E-state index contributed by atoms with van der Waals surface area (Å²) in [6, 6.07) is 0. The van der Waals surface area contributed by atoms with E-state index in [-0.39, 0.29) is 21.7 Å². The maximum absolute atomic E-state index is 10.3. The van der Waals surface area contributed by atoms with Gasteiger partial charge in [-0.3, -0.25) is 0 Å². The molecule has 16 heavy (non-hydrogen) atoms. The second-order valence-electron chi connectivity index (χ2n) is 2.88. The van der Waals surface area contributed by atoms with Crippen molar-refractivity contribution < 1.29 is 41.8 Å². The van der Waals surface area contributed by atoms with Crippen LogP contribution in [0.15, 0.2) is 0 Å². The van der Waals surface area contributed by atoms with Gasteiger partial charge >= 0.3 is 0 Å². The average Bonchev–Trinajstić information content (AvgIpc) is 1.94. The lowest BCUT2D eigenvalue weighted by Gasteiger charge is -2.30. The lowest BCUT2D eigenvalue weighted by Crippen LogP contribution is -2.86. The van der Waals surface area contributed by atoms with E-state index in [0.717, 1.165) is 19.5 Å². The minimum Gasteiger partial charge on any atom is -0.803 e. The molecule has 0 aliphatic rings. The summed E-state index contributed by atoms with van der Waals surface area (Å²) in [5, 5.41) is 1.88. The molecule has 0 saturated heterocycles. The van der Waals surface area contributed by atoms with Crippen molar-refractivity contribution in [3.8, 4) is 0 Å². The third-order valence-corrected chi connectivity index (χ3v) is 4.13. The summed E-state index contributed by atoms with van der Waals surface area (Å²) in [5.74, 6) is 0. The summed E-state index contributed by atoms with van der Waals surface area (Å²) in [6.07, 6.45) is 1.02. The van der Waals surface area contributed by atoms with Crippen LogP contribution in [0.4, 0.5) is 0 Å². The molecule has 0 aromatic heterocycles. The van der Waals surface area contributed by atoms with Gasteiger partial charge in [0, 0.05) is 6.42 Å². The van der Waals surface area contributed by atoms with Gasteiger partial charge in [-0.15, -0.1) is 11.4 Å². The fourth-order valence-corrected chi connectivity index (χ4v) is 3.15. The molecule has 0 aromatic carbocycles. The number of quaternary nitrogens is 2. The lowest BCUT2D eigenvalue weighted by molar-refractivity contribution is -0.656. The van der Waals surface area contributed by atoms with Crippen LogP contribution in [0.1, 0.15) is 13.3 Å². The van der Waals surface area contributed by atoms with Crippen LogP contribution in [-0.4, -0.2) is 41.3 Å². The molecule has 0 aliphatic heterocycles. The molecule has 0 radical (unpaired) electrons. The summed E-state index contributed by atoms with van der Waals surface area (Å²) >= 11 is 0.512. The van der Waals surface area contributed by atoms with Crippen LogP contribution in [0.25, 0.3) is 0 Å². The zero-order chi connectivity index (χ0) is 10.3. The SMILES string of the molecule is CC(C[NH2+]CCC[NH3+])SP(=O)([O-])[O-].O.O.O. The summed E-state index contributed by atoms with van der Waals surface area (Å²) in [6.45, 7) is -0.154. The Kier molecular flexibility index (Phi) is 21.1. The van der Waals surface area contributed by atoms with E-state index in [4.69, 9.17) is 0 Å². The Labute approximate surface area is 98.8 Å². The van der Waals surface area contributed by atoms with Gasteiger partial charge in [-0.2, -0.15) is 0 Å². The number of hydrogen-bond donors (Lipinski definition) is 2. The molecule has 0 bridgehead atoms. The van der Waals surface area contributed by atoms with E-state index in [0.29, 0.717) is 17.9 Å². The Morgan fingerprint density at radius 3 is 2.25 bits per heavy atom. The molecule has 0 amide bonds. The third-order valence-electron chi connectivity index (χ3n) is 1.47. The van der Waals surface area contributed by atoms with E-state index < -0.39 is 6.80 Å². The molecule has 1 atom stereocenters. The van der Waals surface area contributed by atoms with E-state index >= 15 is 0 Å². The standard InChI is InChI=1S/C6H17N2O3PS.3H2O/c1-6(13-12(9,10)11)5-8-4-2-3-7;;;/h6,8H,2-5,7H2,1H3,(H2,9,10,11);3*1H2.